The van der Waals surface area contributed by atoms with E-state index in [1.807, 2.05) is 26.0 Å². The van der Waals surface area contributed by atoms with Gasteiger partial charge in [0.25, 0.3) is 5.91 Å². The molecule has 1 heterocycles. The Hall–Kier alpha value is -2.95. The van der Waals surface area contributed by atoms with Crippen LogP contribution >= 0.6 is 23.4 Å². The quantitative estimate of drug-likeness (QED) is 0.392. The van der Waals surface area contributed by atoms with Gasteiger partial charge in [-0.05, 0) is 62.7 Å². The summed E-state index contributed by atoms with van der Waals surface area (Å²) >= 11 is 7.45. The highest BCUT2D eigenvalue weighted by Crippen LogP contribution is 2.41. The Morgan fingerprint density at radius 1 is 1.15 bits per heavy atom. The molecule has 0 radical (unpaired) electrons. The molecule has 3 rings (SSSR count). The maximum absolute atomic E-state index is 13.6. The Balaban J connectivity index is 1.93. The Morgan fingerprint density at radius 3 is 2.29 bits per heavy atom. The highest BCUT2D eigenvalue weighted by atomic mass is 35.5. The van der Waals surface area contributed by atoms with E-state index < -0.39 is 40.3 Å². The van der Waals surface area contributed by atoms with Gasteiger partial charge in [-0.3, -0.25) is 19.6 Å². The zero-order valence-electron chi connectivity index (χ0n) is 18.6. The van der Waals surface area contributed by atoms with Crippen molar-refractivity contribution in [3.8, 4) is 0 Å². The van der Waals surface area contributed by atoms with Crippen LogP contribution in [0.4, 0.5) is 14.6 Å². The predicted octanol–water partition coefficient (Wildman–Crippen LogP) is 4.31. The number of benzene rings is 2. The Morgan fingerprint density at radius 2 is 1.74 bits per heavy atom. The lowest BCUT2D eigenvalue weighted by Gasteiger charge is -2.27. The lowest BCUT2D eigenvalue weighted by atomic mass is 10.1. The van der Waals surface area contributed by atoms with Crippen molar-refractivity contribution in [1.82, 2.24) is 10.2 Å². The second kappa shape index (κ2) is 10.1. The molecule has 3 aromatic rings. The van der Waals surface area contributed by atoms with E-state index in [0.717, 1.165) is 21.9 Å². The molecule has 4 N–H and O–H groups in total. The number of H-pyrrole nitrogens is 1. The van der Waals surface area contributed by atoms with Gasteiger partial charge in [-0.25, -0.2) is 8.78 Å². The number of rotatable bonds is 8. The number of thioether (sulfide) groups is 1. The number of nitrogens with two attached hydrogens (primary N) is 1. The number of aromatic amines is 1. The third-order valence-corrected chi connectivity index (χ3v) is 6.61. The molecule has 180 valence electrons. The van der Waals surface area contributed by atoms with Gasteiger partial charge in [0.05, 0.1) is 10.4 Å². The van der Waals surface area contributed by atoms with Crippen molar-refractivity contribution in [2.75, 3.05) is 4.90 Å². The summed E-state index contributed by atoms with van der Waals surface area (Å²) in [6.07, 6.45) is -1.95. The van der Waals surface area contributed by atoms with Crippen molar-refractivity contribution in [1.29, 1.82) is 0 Å². The Kier molecular flexibility index (Phi) is 7.64. The normalized spacial score (nSPS) is 13.4. The minimum Gasteiger partial charge on any atom is -0.378 e. The van der Waals surface area contributed by atoms with Crippen LogP contribution < -0.4 is 10.6 Å². The number of nitrogens with zero attached hydrogens (tertiary/aromatic N) is 2. The molecule has 0 aliphatic rings. The second-order valence-electron chi connectivity index (χ2n) is 8.10. The molecule has 2 aromatic carbocycles. The lowest BCUT2D eigenvalue weighted by molar-refractivity contribution is -0.130. The number of nitrogens with one attached hydrogen (secondary N) is 1. The summed E-state index contributed by atoms with van der Waals surface area (Å²) in [4.78, 5) is 26.9. The van der Waals surface area contributed by atoms with E-state index in [1.54, 1.807) is 18.2 Å². The van der Waals surface area contributed by atoms with Crippen LogP contribution in [0.1, 0.15) is 38.1 Å². The van der Waals surface area contributed by atoms with Gasteiger partial charge in [0.2, 0.25) is 5.91 Å². The number of carbonyl (C=O) groups excluding carboxylic acids is 2. The first-order valence-electron chi connectivity index (χ1n) is 10.2. The Bertz CT molecular complexity index is 1180. The van der Waals surface area contributed by atoms with Crippen LogP contribution in [0.2, 0.25) is 5.02 Å². The average Bonchev–Trinajstić information content (AvgIpc) is 3.24. The summed E-state index contributed by atoms with van der Waals surface area (Å²) in [5.41, 5.74) is 5.73. The highest BCUT2D eigenvalue weighted by Gasteiger charge is 2.35. The van der Waals surface area contributed by atoms with Crippen LogP contribution in [0.5, 0.6) is 0 Å². The number of anilines is 1. The molecule has 34 heavy (non-hydrogen) atoms. The smallest absolute Gasteiger partial charge is 0.262 e. The number of carbonyl (C=O) groups is 2. The van der Waals surface area contributed by atoms with Gasteiger partial charge in [0.1, 0.15) is 17.7 Å². The number of aliphatic hydroxyl groups is 1. The molecule has 0 spiro atoms. The standard InChI is InChI=1S/C23H23ClF2N4O3S/c1-12(21(27)32)30(22(33)20(31)13-8-15(25)10-16(26)9-13)19-11-18(28-29-19)23(2,3)34-17-6-4-14(24)5-7-17/h4-12,20,31H,1-3H3,(H2,27,32)(H,28,29). The minimum absolute atomic E-state index is 0.0204. The monoisotopic (exact) mass is 508 g/mol. The van der Waals surface area contributed by atoms with E-state index in [9.17, 15) is 23.5 Å². The zero-order valence-corrected chi connectivity index (χ0v) is 20.1. The van der Waals surface area contributed by atoms with Crippen molar-refractivity contribution in [3.63, 3.8) is 0 Å². The lowest BCUT2D eigenvalue weighted by Crippen LogP contribution is -2.48. The summed E-state index contributed by atoms with van der Waals surface area (Å²) in [5, 5.41) is 18.2. The van der Waals surface area contributed by atoms with Crippen LogP contribution in [0.15, 0.2) is 53.4 Å². The van der Waals surface area contributed by atoms with Gasteiger partial charge in [-0.1, -0.05) is 11.6 Å². The van der Waals surface area contributed by atoms with E-state index in [1.165, 1.54) is 18.7 Å². The fraction of sp³-hybridized carbons (Fsp3) is 0.261. The van der Waals surface area contributed by atoms with E-state index in [4.69, 9.17) is 17.3 Å². The molecule has 0 saturated carbocycles. The SMILES string of the molecule is CC(C(N)=O)N(C(=O)C(O)c1cc(F)cc(F)c1)c1cc(C(C)(C)Sc2ccc(Cl)cc2)[nH]n1. The number of halogens is 3. The van der Waals surface area contributed by atoms with Crippen molar-refractivity contribution < 1.29 is 23.5 Å². The van der Waals surface area contributed by atoms with Gasteiger partial charge in [-0.15, -0.1) is 11.8 Å². The van der Waals surface area contributed by atoms with Crippen molar-refractivity contribution in [2.45, 2.75) is 42.6 Å². The van der Waals surface area contributed by atoms with Crippen molar-refractivity contribution >= 4 is 41.0 Å². The van der Waals surface area contributed by atoms with Crippen LogP contribution in [0, 0.1) is 11.6 Å². The molecule has 2 atom stereocenters. The van der Waals surface area contributed by atoms with E-state index in [2.05, 4.69) is 10.2 Å². The predicted molar refractivity (Wildman–Crippen MR) is 126 cm³/mol. The van der Waals surface area contributed by atoms with Gasteiger partial charge in [-0.2, -0.15) is 5.10 Å². The highest BCUT2D eigenvalue weighted by molar-refractivity contribution is 8.00. The number of primary amides is 1. The largest absolute Gasteiger partial charge is 0.378 e. The molecule has 0 aliphatic heterocycles. The first kappa shape index (κ1) is 25.7. The zero-order chi connectivity index (χ0) is 25.2. The fourth-order valence-electron chi connectivity index (χ4n) is 3.23. The first-order chi connectivity index (χ1) is 15.9. The maximum atomic E-state index is 13.6. The third-order valence-electron chi connectivity index (χ3n) is 5.12. The topological polar surface area (TPSA) is 112 Å². The number of hydrogen-bond acceptors (Lipinski definition) is 5. The van der Waals surface area contributed by atoms with E-state index in [0.29, 0.717) is 16.8 Å². The maximum Gasteiger partial charge on any atom is 0.262 e. The molecule has 11 heteroatoms. The summed E-state index contributed by atoms with van der Waals surface area (Å²) < 4.78 is 26.7. The third kappa shape index (κ3) is 5.75. The summed E-state index contributed by atoms with van der Waals surface area (Å²) in [7, 11) is 0. The number of amides is 2. The molecule has 1 aromatic heterocycles. The molecule has 0 saturated heterocycles. The summed E-state index contributed by atoms with van der Waals surface area (Å²) in [6, 6.07) is 9.90. The van der Waals surface area contributed by atoms with Gasteiger partial charge in [0.15, 0.2) is 11.9 Å². The van der Waals surface area contributed by atoms with Crippen molar-refractivity contribution in [2.24, 2.45) is 5.73 Å². The number of hydrogen-bond donors (Lipinski definition) is 3. The van der Waals surface area contributed by atoms with Crippen LogP contribution in [0.3, 0.4) is 0 Å². The van der Waals surface area contributed by atoms with Crippen LogP contribution in [-0.2, 0) is 14.3 Å². The van der Waals surface area contributed by atoms with Gasteiger partial charge < -0.3 is 10.8 Å². The molecule has 0 bridgehead atoms. The van der Waals surface area contributed by atoms with Crippen LogP contribution in [0.25, 0.3) is 0 Å². The Labute approximate surface area is 204 Å². The fourth-order valence-corrected chi connectivity index (χ4v) is 4.43. The molecule has 7 nitrogen and oxygen atoms in total. The molecule has 2 unspecified atom stereocenters. The molecule has 0 aliphatic carbocycles. The molecular formula is C23H23ClF2N4O3S. The minimum atomic E-state index is -1.95. The number of aromatic nitrogens is 2. The average molecular weight is 509 g/mol. The second-order valence-corrected chi connectivity index (χ2v) is 10.2. The van der Waals surface area contributed by atoms with E-state index in [-0.39, 0.29) is 11.4 Å². The summed E-state index contributed by atoms with van der Waals surface area (Å²) in [5.74, 6) is -3.77. The molecule has 2 amide bonds. The molecule has 0 fully saturated rings. The van der Waals surface area contributed by atoms with Gasteiger partial charge >= 0.3 is 0 Å². The van der Waals surface area contributed by atoms with Crippen LogP contribution in [-0.4, -0.2) is 33.2 Å². The van der Waals surface area contributed by atoms with Crippen molar-refractivity contribution in [3.05, 3.63) is 76.4 Å². The molecular weight excluding hydrogens is 486 g/mol. The van der Waals surface area contributed by atoms with Gasteiger partial charge in [0, 0.05) is 22.1 Å². The first-order valence-corrected chi connectivity index (χ1v) is 11.4. The number of aliphatic hydroxyl groups excluding tert-OH is 1. The van der Waals surface area contributed by atoms with E-state index >= 15 is 0 Å². The summed E-state index contributed by atoms with van der Waals surface area (Å²) in [6.45, 7) is 5.22.